The van der Waals surface area contributed by atoms with E-state index in [1.165, 1.54) is 11.1 Å². The molecule has 1 saturated heterocycles. The first-order valence-corrected chi connectivity index (χ1v) is 9.08. The number of nitrogens with zero attached hydrogens (tertiary/aromatic N) is 1. The maximum absolute atomic E-state index is 5.48. The molecular weight excluding hydrogens is 328 g/mol. The van der Waals surface area contributed by atoms with Crippen LogP contribution in [0.1, 0.15) is 16.7 Å². The monoisotopic (exact) mass is 356 g/mol. The highest BCUT2D eigenvalue weighted by Crippen LogP contribution is 2.30. The first kappa shape index (κ1) is 18.7. The average Bonchev–Trinajstić information content (AvgIpc) is 2.70. The Balaban J connectivity index is 1.51. The number of morpholine rings is 1. The summed E-state index contributed by atoms with van der Waals surface area (Å²) in [5.74, 6) is 1.56. The van der Waals surface area contributed by atoms with Crippen molar-refractivity contribution in [2.45, 2.75) is 19.6 Å². The van der Waals surface area contributed by atoms with Gasteiger partial charge in [0, 0.05) is 38.3 Å². The van der Waals surface area contributed by atoms with Gasteiger partial charge in [0.05, 0.1) is 27.4 Å². The fourth-order valence-electron chi connectivity index (χ4n) is 3.21. The fraction of sp³-hybridized carbons (Fsp3) is 0.429. The van der Waals surface area contributed by atoms with Crippen LogP contribution in [-0.4, -0.2) is 45.4 Å². The van der Waals surface area contributed by atoms with Gasteiger partial charge in [-0.3, -0.25) is 4.90 Å². The summed E-state index contributed by atoms with van der Waals surface area (Å²) >= 11 is 0. The molecular formula is C21H28N2O3. The summed E-state index contributed by atoms with van der Waals surface area (Å²) in [5, 5.41) is 3.48. The quantitative estimate of drug-likeness (QED) is 0.788. The molecule has 0 saturated carbocycles. The largest absolute Gasteiger partial charge is 0.493 e. The second-order valence-corrected chi connectivity index (χ2v) is 6.46. The molecule has 0 radical (unpaired) electrons. The van der Waals surface area contributed by atoms with Crippen LogP contribution in [0, 0.1) is 0 Å². The lowest BCUT2D eigenvalue weighted by Crippen LogP contribution is -2.35. The third-order valence-electron chi connectivity index (χ3n) is 4.66. The second kappa shape index (κ2) is 9.57. The van der Waals surface area contributed by atoms with Crippen LogP contribution in [0.25, 0.3) is 0 Å². The molecule has 0 atom stereocenters. The molecule has 0 unspecified atom stereocenters. The Morgan fingerprint density at radius 2 is 1.65 bits per heavy atom. The van der Waals surface area contributed by atoms with E-state index in [4.69, 9.17) is 14.2 Å². The number of methoxy groups -OCH3 is 2. The lowest BCUT2D eigenvalue weighted by atomic mass is 10.1. The van der Waals surface area contributed by atoms with Gasteiger partial charge in [-0.05, 0) is 17.2 Å². The predicted molar refractivity (Wildman–Crippen MR) is 103 cm³/mol. The van der Waals surface area contributed by atoms with Gasteiger partial charge in [0.1, 0.15) is 0 Å². The SMILES string of the molecule is COc1cccc(CNCc2ccc(CN3CCOCC3)cc2)c1OC. The van der Waals surface area contributed by atoms with Gasteiger partial charge in [-0.15, -0.1) is 0 Å². The van der Waals surface area contributed by atoms with Crippen molar-refractivity contribution >= 4 is 0 Å². The molecule has 5 nitrogen and oxygen atoms in total. The molecule has 0 aromatic heterocycles. The Morgan fingerprint density at radius 1 is 0.923 bits per heavy atom. The molecule has 5 heteroatoms. The number of hydrogen-bond donors (Lipinski definition) is 1. The van der Waals surface area contributed by atoms with Gasteiger partial charge in [-0.25, -0.2) is 0 Å². The van der Waals surface area contributed by atoms with E-state index in [1.54, 1.807) is 14.2 Å². The lowest BCUT2D eigenvalue weighted by Gasteiger charge is -2.26. The molecule has 0 aliphatic carbocycles. The topological polar surface area (TPSA) is 43.0 Å². The summed E-state index contributed by atoms with van der Waals surface area (Å²) in [5.41, 5.74) is 3.72. The number of ether oxygens (including phenoxy) is 3. The van der Waals surface area contributed by atoms with E-state index >= 15 is 0 Å². The zero-order valence-electron chi connectivity index (χ0n) is 15.7. The Bertz CT molecular complexity index is 682. The normalized spacial score (nSPS) is 15.0. The van der Waals surface area contributed by atoms with Crippen LogP contribution in [0.5, 0.6) is 11.5 Å². The summed E-state index contributed by atoms with van der Waals surface area (Å²) in [6.45, 7) is 6.27. The van der Waals surface area contributed by atoms with Crippen molar-refractivity contribution in [3.05, 3.63) is 59.2 Å². The first-order chi connectivity index (χ1) is 12.8. The standard InChI is InChI=1S/C21H28N2O3/c1-24-20-5-3-4-19(21(20)25-2)15-22-14-17-6-8-18(9-7-17)16-23-10-12-26-13-11-23/h3-9,22H,10-16H2,1-2H3. The third-order valence-corrected chi connectivity index (χ3v) is 4.66. The second-order valence-electron chi connectivity index (χ2n) is 6.46. The van der Waals surface area contributed by atoms with Crippen LogP contribution in [0.3, 0.4) is 0 Å². The molecule has 1 N–H and O–H groups in total. The number of para-hydroxylation sites is 1. The summed E-state index contributed by atoms with van der Waals surface area (Å²) < 4.78 is 16.2. The minimum Gasteiger partial charge on any atom is -0.493 e. The minimum absolute atomic E-state index is 0.732. The molecule has 1 aliphatic rings. The Morgan fingerprint density at radius 3 is 2.35 bits per heavy atom. The van der Waals surface area contributed by atoms with Crippen LogP contribution in [0.15, 0.2) is 42.5 Å². The molecule has 2 aromatic rings. The molecule has 140 valence electrons. The molecule has 1 aliphatic heterocycles. The van der Waals surface area contributed by atoms with Crippen molar-refractivity contribution in [2.24, 2.45) is 0 Å². The van der Waals surface area contributed by atoms with E-state index in [1.807, 2.05) is 12.1 Å². The van der Waals surface area contributed by atoms with E-state index < -0.39 is 0 Å². The van der Waals surface area contributed by atoms with Gasteiger partial charge in [-0.2, -0.15) is 0 Å². The molecule has 1 heterocycles. The summed E-state index contributed by atoms with van der Waals surface area (Å²) in [4.78, 5) is 2.44. The van der Waals surface area contributed by atoms with Crippen molar-refractivity contribution in [2.75, 3.05) is 40.5 Å². The van der Waals surface area contributed by atoms with Gasteiger partial charge in [0.25, 0.3) is 0 Å². The Hall–Kier alpha value is -2.08. The zero-order chi connectivity index (χ0) is 18.2. The van der Waals surface area contributed by atoms with Crippen LogP contribution >= 0.6 is 0 Å². The Labute approximate surface area is 155 Å². The average molecular weight is 356 g/mol. The van der Waals surface area contributed by atoms with Gasteiger partial charge in [-0.1, -0.05) is 36.4 Å². The number of nitrogens with one attached hydrogen (secondary N) is 1. The molecule has 26 heavy (non-hydrogen) atoms. The van der Waals surface area contributed by atoms with Crippen LogP contribution in [-0.2, 0) is 24.4 Å². The highest BCUT2D eigenvalue weighted by atomic mass is 16.5. The van der Waals surface area contributed by atoms with Crippen molar-refractivity contribution in [1.29, 1.82) is 0 Å². The molecule has 1 fully saturated rings. The zero-order valence-corrected chi connectivity index (χ0v) is 15.7. The summed E-state index contributed by atoms with van der Waals surface area (Å²) in [7, 11) is 3.34. The van der Waals surface area contributed by atoms with E-state index in [2.05, 4.69) is 40.5 Å². The van der Waals surface area contributed by atoms with Gasteiger partial charge >= 0.3 is 0 Å². The number of benzene rings is 2. The maximum Gasteiger partial charge on any atom is 0.165 e. The summed E-state index contributed by atoms with van der Waals surface area (Å²) in [6.07, 6.45) is 0. The Kier molecular flexibility index (Phi) is 6.89. The minimum atomic E-state index is 0.732. The predicted octanol–water partition coefficient (Wildman–Crippen LogP) is 2.83. The van der Waals surface area contributed by atoms with Crippen molar-refractivity contribution < 1.29 is 14.2 Å². The highest BCUT2D eigenvalue weighted by molar-refractivity contribution is 5.46. The maximum atomic E-state index is 5.48. The molecule has 3 rings (SSSR count). The smallest absolute Gasteiger partial charge is 0.165 e. The third kappa shape index (κ3) is 4.97. The number of rotatable bonds is 8. The van der Waals surface area contributed by atoms with E-state index in [0.29, 0.717) is 0 Å². The molecule has 0 bridgehead atoms. The van der Waals surface area contributed by atoms with Crippen molar-refractivity contribution in [3.8, 4) is 11.5 Å². The fourth-order valence-corrected chi connectivity index (χ4v) is 3.21. The van der Waals surface area contributed by atoms with E-state index in [-0.39, 0.29) is 0 Å². The molecule has 2 aromatic carbocycles. The molecule has 0 amide bonds. The highest BCUT2D eigenvalue weighted by Gasteiger charge is 2.11. The van der Waals surface area contributed by atoms with Gasteiger partial charge < -0.3 is 19.5 Å². The van der Waals surface area contributed by atoms with Gasteiger partial charge in [0.2, 0.25) is 0 Å². The van der Waals surface area contributed by atoms with Crippen molar-refractivity contribution in [3.63, 3.8) is 0 Å². The van der Waals surface area contributed by atoms with Crippen LogP contribution in [0.4, 0.5) is 0 Å². The van der Waals surface area contributed by atoms with Gasteiger partial charge in [0.15, 0.2) is 11.5 Å². The van der Waals surface area contributed by atoms with E-state index in [9.17, 15) is 0 Å². The van der Waals surface area contributed by atoms with Crippen LogP contribution in [0.2, 0.25) is 0 Å². The van der Waals surface area contributed by atoms with Crippen LogP contribution < -0.4 is 14.8 Å². The number of hydrogen-bond acceptors (Lipinski definition) is 5. The lowest BCUT2D eigenvalue weighted by molar-refractivity contribution is 0.0342. The molecule has 0 spiro atoms. The van der Waals surface area contributed by atoms with Crippen molar-refractivity contribution in [1.82, 2.24) is 10.2 Å². The first-order valence-electron chi connectivity index (χ1n) is 9.08. The van der Waals surface area contributed by atoms with E-state index in [0.717, 1.165) is 63.0 Å². The summed E-state index contributed by atoms with van der Waals surface area (Å²) in [6, 6.07) is 14.8.